The van der Waals surface area contributed by atoms with E-state index in [1.54, 1.807) is 41.4 Å². The zero-order chi connectivity index (χ0) is 39.9. The number of ether oxygens (including phenoxy) is 2. The van der Waals surface area contributed by atoms with Crippen molar-refractivity contribution in [2.45, 2.75) is 46.0 Å². The van der Waals surface area contributed by atoms with Crippen molar-refractivity contribution in [3.63, 3.8) is 0 Å². The van der Waals surface area contributed by atoms with Gasteiger partial charge in [-0.05, 0) is 81.4 Å². The van der Waals surface area contributed by atoms with E-state index in [1.165, 1.54) is 18.5 Å². The van der Waals surface area contributed by atoms with E-state index < -0.39 is 23.4 Å². The predicted molar refractivity (Wildman–Crippen MR) is 208 cm³/mol. The van der Waals surface area contributed by atoms with Gasteiger partial charge in [-0.25, -0.2) is 24.5 Å². The zero-order valence-corrected chi connectivity index (χ0v) is 31.9. The van der Waals surface area contributed by atoms with Crippen LogP contribution in [0.25, 0.3) is 0 Å². The number of urea groups is 1. The van der Waals surface area contributed by atoms with Gasteiger partial charge in [0.25, 0.3) is 0 Å². The largest absolute Gasteiger partial charge is 0.444 e. The first-order valence-electron chi connectivity index (χ1n) is 18.5. The summed E-state index contributed by atoms with van der Waals surface area (Å²) in [4.78, 5) is 46.3. The van der Waals surface area contributed by atoms with E-state index in [2.05, 4.69) is 47.6 Å². The van der Waals surface area contributed by atoms with E-state index in [9.17, 15) is 22.8 Å². The highest BCUT2D eigenvalue weighted by molar-refractivity contribution is 5.99. The van der Waals surface area contributed by atoms with Gasteiger partial charge in [0, 0.05) is 76.3 Å². The lowest BCUT2D eigenvalue weighted by molar-refractivity contribution is -0.138. The highest BCUT2D eigenvalue weighted by Crippen LogP contribution is 2.35. The number of hydrogen-bond acceptors (Lipinski definition) is 11. The van der Waals surface area contributed by atoms with Crippen molar-refractivity contribution in [1.29, 1.82) is 0 Å². The molecule has 2 aliphatic heterocycles. The summed E-state index contributed by atoms with van der Waals surface area (Å²) in [6.07, 6.45) is -1.83. The van der Waals surface area contributed by atoms with Gasteiger partial charge in [-0.1, -0.05) is 13.0 Å². The molecule has 2 aromatic carbocycles. The molecule has 4 heterocycles. The monoisotopic (exact) mass is 776 g/mol. The van der Waals surface area contributed by atoms with Crippen LogP contribution in [0.1, 0.15) is 38.8 Å². The van der Waals surface area contributed by atoms with Crippen LogP contribution in [0.3, 0.4) is 0 Å². The summed E-state index contributed by atoms with van der Waals surface area (Å²) in [5.74, 6) is 1.96. The minimum Gasteiger partial charge on any atom is -0.444 e. The summed E-state index contributed by atoms with van der Waals surface area (Å²) in [7, 11) is 0. The second-order valence-electron chi connectivity index (χ2n) is 14.5. The summed E-state index contributed by atoms with van der Waals surface area (Å²) < 4.78 is 53.5. The second kappa shape index (κ2) is 17.4. The van der Waals surface area contributed by atoms with Gasteiger partial charge in [-0.2, -0.15) is 13.2 Å². The van der Waals surface area contributed by atoms with Gasteiger partial charge in [0.15, 0.2) is 0 Å². The minimum absolute atomic E-state index is 0.0319. The summed E-state index contributed by atoms with van der Waals surface area (Å²) in [5, 5.41) is 8.34. The van der Waals surface area contributed by atoms with Crippen molar-refractivity contribution in [3.05, 3.63) is 84.3 Å². The predicted octanol–water partition coefficient (Wildman–Crippen LogP) is 7.26. The molecular formula is C39H47F3N10O4. The van der Waals surface area contributed by atoms with E-state index in [1.807, 2.05) is 37.8 Å². The molecule has 0 radical (unpaired) electrons. The van der Waals surface area contributed by atoms with Crippen molar-refractivity contribution in [1.82, 2.24) is 29.7 Å². The van der Waals surface area contributed by atoms with E-state index in [-0.39, 0.29) is 29.8 Å². The van der Waals surface area contributed by atoms with Crippen molar-refractivity contribution >= 4 is 40.8 Å². The molecule has 3 N–H and O–H groups in total. The highest BCUT2D eigenvalue weighted by Gasteiger charge is 2.34. The molecule has 0 atom stereocenters. The average molecular weight is 777 g/mol. The smallest absolute Gasteiger partial charge is 0.416 e. The summed E-state index contributed by atoms with van der Waals surface area (Å²) in [5.41, 5.74) is -0.00123. The lowest BCUT2D eigenvalue weighted by Gasteiger charge is -2.36. The van der Waals surface area contributed by atoms with Crippen molar-refractivity contribution in [3.8, 4) is 11.6 Å². The molecule has 0 spiro atoms. The number of amides is 3. The van der Waals surface area contributed by atoms with Crippen molar-refractivity contribution < 1.29 is 32.2 Å². The molecule has 0 unspecified atom stereocenters. The number of pyridine rings is 1. The Morgan fingerprint density at radius 3 is 2.07 bits per heavy atom. The topological polar surface area (TPSA) is 140 Å². The van der Waals surface area contributed by atoms with Crippen LogP contribution in [0.5, 0.6) is 11.6 Å². The van der Waals surface area contributed by atoms with E-state index >= 15 is 0 Å². The second-order valence-corrected chi connectivity index (χ2v) is 14.5. The minimum atomic E-state index is -4.57. The van der Waals surface area contributed by atoms with Gasteiger partial charge in [-0.15, -0.1) is 0 Å². The first kappa shape index (κ1) is 40.0. The molecule has 17 heteroatoms. The fourth-order valence-electron chi connectivity index (χ4n) is 6.28. The Labute approximate surface area is 324 Å². The molecule has 0 aliphatic carbocycles. The third kappa shape index (κ3) is 11.2. The number of piperazine rings is 2. The normalized spacial score (nSPS) is 15.6. The van der Waals surface area contributed by atoms with Crippen LogP contribution in [0, 0.1) is 0 Å². The quantitative estimate of drug-likeness (QED) is 0.150. The van der Waals surface area contributed by atoms with Crippen molar-refractivity contribution in [2.75, 3.05) is 79.8 Å². The number of hydrogen-bond donors (Lipinski definition) is 3. The van der Waals surface area contributed by atoms with E-state index in [0.717, 1.165) is 31.5 Å². The number of anilines is 5. The number of halogens is 3. The number of carbonyl (C=O) groups is 2. The fraction of sp³-hybridized carbons (Fsp3) is 0.410. The Balaban J connectivity index is 0.982. The summed E-state index contributed by atoms with van der Waals surface area (Å²) >= 11 is 0. The molecule has 0 bridgehead atoms. The first-order valence-corrected chi connectivity index (χ1v) is 18.5. The molecule has 2 aliphatic rings. The number of alkyl halides is 3. The fourth-order valence-corrected chi connectivity index (χ4v) is 6.28. The standard InChI is InChI=1S/C39H47F3N10O4/c1-5-49-14-16-50(17-15-49)25-27-6-7-29(22-32(27)39(40,41)42)48-36(53)47-28-8-11-31(12-9-28)55-35-23-33(44-26-45-35)46-30-10-13-34(43-24-30)51-18-20-52(21-19-51)37(54)56-38(2,3)4/h6-13,22-24,26H,5,14-21,25H2,1-4H3,(H,44,45,46)(H2,47,48,53). The average Bonchev–Trinajstić information content (AvgIpc) is 3.16. The Morgan fingerprint density at radius 2 is 1.43 bits per heavy atom. The molecule has 2 saturated heterocycles. The van der Waals surface area contributed by atoms with E-state index in [0.29, 0.717) is 62.2 Å². The maximum atomic E-state index is 14.0. The molecule has 6 rings (SSSR count). The molecule has 2 aromatic heterocycles. The molecular weight excluding hydrogens is 729 g/mol. The molecule has 4 aromatic rings. The van der Waals surface area contributed by atoms with Crippen LogP contribution in [-0.2, 0) is 17.5 Å². The molecule has 2 fully saturated rings. The van der Waals surface area contributed by atoms with Crippen LogP contribution in [0.2, 0.25) is 0 Å². The number of benzene rings is 2. The third-order valence-electron chi connectivity index (χ3n) is 9.23. The highest BCUT2D eigenvalue weighted by atomic mass is 19.4. The number of rotatable bonds is 10. The SMILES string of the molecule is CCN1CCN(Cc2ccc(NC(=O)Nc3ccc(Oc4cc(Nc5ccc(N6CCN(C(=O)OC(C)(C)C)CC6)nc5)ncn4)cc3)cc2C(F)(F)F)CC1. The molecule has 56 heavy (non-hydrogen) atoms. The van der Waals surface area contributed by atoms with Gasteiger partial charge in [0.2, 0.25) is 5.88 Å². The van der Waals surface area contributed by atoms with Gasteiger partial charge >= 0.3 is 18.3 Å². The Hall–Kier alpha value is -5.68. The van der Waals surface area contributed by atoms with Gasteiger partial charge < -0.3 is 40.1 Å². The number of likely N-dealkylation sites (N-methyl/N-ethyl adjacent to an activating group) is 1. The van der Waals surface area contributed by atoms with Crippen LogP contribution in [0.4, 0.5) is 51.5 Å². The first-order chi connectivity index (χ1) is 26.7. The number of carbonyl (C=O) groups excluding carboxylic acids is 2. The lowest BCUT2D eigenvalue weighted by Crippen LogP contribution is -2.50. The number of aromatic nitrogens is 3. The van der Waals surface area contributed by atoms with Gasteiger partial charge in [0.05, 0.1) is 17.4 Å². The zero-order valence-electron chi connectivity index (χ0n) is 31.9. The molecule has 14 nitrogen and oxygen atoms in total. The maximum Gasteiger partial charge on any atom is 0.416 e. The maximum absolute atomic E-state index is 14.0. The van der Waals surface area contributed by atoms with Crippen LogP contribution in [-0.4, -0.2) is 106 Å². The number of nitrogens with zero attached hydrogens (tertiary/aromatic N) is 7. The van der Waals surface area contributed by atoms with Crippen LogP contribution in [0.15, 0.2) is 73.2 Å². The van der Waals surface area contributed by atoms with Gasteiger partial charge in [-0.3, -0.25) is 4.90 Å². The molecule has 0 saturated carbocycles. The molecule has 3 amide bonds. The Kier molecular flexibility index (Phi) is 12.4. The summed E-state index contributed by atoms with van der Waals surface area (Å²) in [6.45, 7) is 14.1. The van der Waals surface area contributed by atoms with Crippen LogP contribution < -0.4 is 25.6 Å². The molecule has 298 valence electrons. The van der Waals surface area contributed by atoms with Crippen LogP contribution >= 0.6 is 0 Å². The Morgan fingerprint density at radius 1 is 0.768 bits per heavy atom. The lowest BCUT2D eigenvalue weighted by atomic mass is 10.0. The van der Waals surface area contributed by atoms with E-state index in [4.69, 9.17) is 9.47 Å². The Bertz CT molecular complexity index is 1940. The van der Waals surface area contributed by atoms with Crippen molar-refractivity contribution in [2.24, 2.45) is 0 Å². The van der Waals surface area contributed by atoms with Gasteiger partial charge in [0.1, 0.15) is 29.3 Å². The third-order valence-corrected chi connectivity index (χ3v) is 9.23. The number of nitrogens with one attached hydrogen (secondary N) is 3. The summed E-state index contributed by atoms with van der Waals surface area (Å²) in [6, 6.07) is 15.0.